The molecule has 0 aromatic heterocycles. The van der Waals surface area contributed by atoms with E-state index in [2.05, 4.69) is 36.2 Å². The fourth-order valence-electron chi connectivity index (χ4n) is 2.33. The molecule has 11 heteroatoms. The number of nitro benzene ring substituents is 1. The number of ether oxygens (including phenoxy) is 1. The number of amides is 1. The van der Waals surface area contributed by atoms with Crippen molar-refractivity contribution in [3.05, 3.63) is 62.1 Å². The Balaban J connectivity index is 1.95. The molecule has 2 aromatic rings. The Morgan fingerprint density at radius 3 is 2.74 bits per heavy atom. The maximum Gasteiger partial charge on any atom is 0.387 e. The second kappa shape index (κ2) is 7.58. The van der Waals surface area contributed by atoms with Gasteiger partial charge in [0.1, 0.15) is 5.75 Å². The van der Waals surface area contributed by atoms with E-state index in [9.17, 15) is 23.7 Å². The minimum absolute atomic E-state index is 0.0179. The quantitative estimate of drug-likeness (QED) is 0.435. The molecule has 3 rings (SSSR count). The summed E-state index contributed by atoms with van der Waals surface area (Å²) in [5, 5.41) is 21.0. The molecular formula is C16H9BrF2N4O4. The molecular weight excluding hydrogens is 430 g/mol. The molecule has 138 valence electrons. The van der Waals surface area contributed by atoms with Gasteiger partial charge in [-0.2, -0.15) is 13.9 Å². The highest BCUT2D eigenvalue weighted by molar-refractivity contribution is 9.10. The van der Waals surface area contributed by atoms with Gasteiger partial charge in [0, 0.05) is 27.7 Å². The molecule has 0 saturated heterocycles. The van der Waals surface area contributed by atoms with E-state index in [1.54, 1.807) is 18.2 Å². The van der Waals surface area contributed by atoms with E-state index in [1.165, 1.54) is 0 Å². The minimum Gasteiger partial charge on any atom is -0.434 e. The van der Waals surface area contributed by atoms with Crippen LogP contribution >= 0.6 is 15.9 Å². The lowest BCUT2D eigenvalue weighted by atomic mass is 10.1. The van der Waals surface area contributed by atoms with E-state index in [0.717, 1.165) is 28.9 Å². The van der Waals surface area contributed by atoms with Gasteiger partial charge in [-0.25, -0.2) is 0 Å². The zero-order valence-electron chi connectivity index (χ0n) is 13.2. The molecule has 0 aliphatic carbocycles. The summed E-state index contributed by atoms with van der Waals surface area (Å²) in [6.45, 7) is -3.12. The zero-order valence-corrected chi connectivity index (χ0v) is 14.8. The van der Waals surface area contributed by atoms with Crippen molar-refractivity contribution in [1.29, 1.82) is 0 Å². The summed E-state index contributed by atoms with van der Waals surface area (Å²) in [5.74, 6) is -0.790. The number of hydrogen-bond donors (Lipinski definition) is 1. The lowest BCUT2D eigenvalue weighted by Gasteiger charge is -2.06. The number of fused-ring (bicyclic) bond motifs is 1. The number of nitro groups is 1. The molecule has 0 bridgehead atoms. The number of halogens is 3. The van der Waals surface area contributed by atoms with Crippen LogP contribution in [0.25, 0.3) is 0 Å². The standard InChI is InChI=1S/C16H9BrF2N4O4/c17-9-1-3-12-11(6-9)14(15(24)21-12)22-20-7-8-5-10(23(25)26)2-4-13(8)27-16(18)19/h1-7,16H,(H,21,22,24)/b20-7-. The zero-order chi connectivity index (χ0) is 19.6. The van der Waals surface area contributed by atoms with Crippen molar-refractivity contribution in [2.24, 2.45) is 10.2 Å². The Kier molecular flexibility index (Phi) is 5.21. The van der Waals surface area contributed by atoms with Crippen molar-refractivity contribution in [3.63, 3.8) is 0 Å². The number of carbonyl (C=O) groups is 1. The molecule has 0 saturated carbocycles. The number of anilines is 1. The van der Waals surface area contributed by atoms with Crippen LogP contribution in [0.2, 0.25) is 0 Å². The molecule has 1 aliphatic heterocycles. The summed E-state index contributed by atoms with van der Waals surface area (Å²) in [6.07, 6.45) is 1.00. The third-order valence-electron chi connectivity index (χ3n) is 3.47. The number of non-ortho nitro benzene ring substituents is 1. The molecule has 0 atom stereocenters. The maximum absolute atomic E-state index is 12.5. The third kappa shape index (κ3) is 4.14. The normalized spacial score (nSPS) is 14.7. The van der Waals surface area contributed by atoms with E-state index in [-0.39, 0.29) is 22.7 Å². The number of hydrogen-bond acceptors (Lipinski definition) is 6. The van der Waals surface area contributed by atoms with Gasteiger partial charge in [0.25, 0.3) is 11.6 Å². The van der Waals surface area contributed by atoms with Crippen LogP contribution in [0.5, 0.6) is 5.75 Å². The van der Waals surface area contributed by atoms with Gasteiger partial charge >= 0.3 is 6.61 Å². The van der Waals surface area contributed by atoms with Crippen LogP contribution in [0.4, 0.5) is 20.2 Å². The van der Waals surface area contributed by atoms with Crippen LogP contribution in [0, 0.1) is 10.1 Å². The first-order valence-electron chi connectivity index (χ1n) is 7.30. The van der Waals surface area contributed by atoms with E-state index >= 15 is 0 Å². The summed E-state index contributed by atoms with van der Waals surface area (Å²) >= 11 is 3.29. The Morgan fingerprint density at radius 1 is 1.26 bits per heavy atom. The lowest BCUT2D eigenvalue weighted by Crippen LogP contribution is -2.13. The van der Waals surface area contributed by atoms with Crippen molar-refractivity contribution in [1.82, 2.24) is 0 Å². The fraction of sp³-hybridized carbons (Fsp3) is 0.0625. The molecule has 1 aliphatic rings. The second-order valence-corrected chi connectivity index (χ2v) is 6.11. The van der Waals surface area contributed by atoms with Crippen molar-refractivity contribution in [2.45, 2.75) is 6.61 Å². The first kappa shape index (κ1) is 18.6. The second-order valence-electron chi connectivity index (χ2n) is 5.19. The highest BCUT2D eigenvalue weighted by atomic mass is 79.9. The van der Waals surface area contributed by atoms with E-state index in [0.29, 0.717) is 11.3 Å². The monoisotopic (exact) mass is 438 g/mol. The molecule has 2 aromatic carbocycles. The SMILES string of the molecule is O=C1Nc2ccc(Br)cc2/C1=N/N=C\c1cc([N+](=O)[O-])ccc1OC(F)F. The number of nitrogens with zero attached hydrogens (tertiary/aromatic N) is 3. The predicted octanol–water partition coefficient (Wildman–Crippen LogP) is 3.73. The van der Waals surface area contributed by atoms with Crippen LogP contribution in [-0.4, -0.2) is 29.4 Å². The first-order chi connectivity index (χ1) is 12.8. The predicted molar refractivity (Wildman–Crippen MR) is 96.6 cm³/mol. The average Bonchev–Trinajstić information content (AvgIpc) is 2.90. The van der Waals surface area contributed by atoms with Crippen molar-refractivity contribution in [3.8, 4) is 5.75 Å². The lowest BCUT2D eigenvalue weighted by molar-refractivity contribution is -0.384. The molecule has 1 amide bonds. The van der Waals surface area contributed by atoms with Gasteiger partial charge in [-0.1, -0.05) is 15.9 Å². The summed E-state index contributed by atoms with van der Waals surface area (Å²) in [4.78, 5) is 22.2. The number of benzene rings is 2. The molecule has 0 spiro atoms. The van der Waals surface area contributed by atoms with Gasteiger partial charge in [0.05, 0.1) is 16.8 Å². The molecule has 1 N–H and O–H groups in total. The van der Waals surface area contributed by atoms with Crippen LogP contribution in [0.1, 0.15) is 11.1 Å². The van der Waals surface area contributed by atoms with E-state index in [4.69, 9.17) is 0 Å². The smallest absolute Gasteiger partial charge is 0.387 e. The number of rotatable bonds is 5. The average molecular weight is 439 g/mol. The molecule has 8 nitrogen and oxygen atoms in total. The Morgan fingerprint density at radius 2 is 2.04 bits per heavy atom. The highest BCUT2D eigenvalue weighted by Gasteiger charge is 2.26. The molecule has 0 radical (unpaired) electrons. The van der Waals surface area contributed by atoms with Crippen LogP contribution in [0.15, 0.2) is 51.1 Å². The molecule has 27 heavy (non-hydrogen) atoms. The topological polar surface area (TPSA) is 106 Å². The van der Waals surface area contributed by atoms with Crippen molar-refractivity contribution >= 4 is 45.1 Å². The first-order valence-corrected chi connectivity index (χ1v) is 8.10. The van der Waals surface area contributed by atoms with Gasteiger partial charge in [-0.3, -0.25) is 14.9 Å². The Hall–Kier alpha value is -3.21. The Labute approximate surface area is 158 Å². The highest BCUT2D eigenvalue weighted by Crippen LogP contribution is 2.27. The largest absolute Gasteiger partial charge is 0.434 e. The van der Waals surface area contributed by atoms with Gasteiger partial charge in [0.2, 0.25) is 0 Å². The van der Waals surface area contributed by atoms with E-state index < -0.39 is 17.4 Å². The summed E-state index contributed by atoms with van der Waals surface area (Å²) in [6, 6.07) is 8.16. The molecule has 0 unspecified atom stereocenters. The van der Waals surface area contributed by atoms with Gasteiger partial charge < -0.3 is 10.1 Å². The fourth-order valence-corrected chi connectivity index (χ4v) is 2.69. The van der Waals surface area contributed by atoms with Crippen LogP contribution in [-0.2, 0) is 4.79 Å². The number of carbonyl (C=O) groups excluding carboxylic acids is 1. The summed E-state index contributed by atoms with van der Waals surface area (Å²) in [7, 11) is 0. The third-order valence-corrected chi connectivity index (χ3v) is 3.97. The molecule has 0 fully saturated rings. The number of alkyl halides is 2. The summed E-state index contributed by atoms with van der Waals surface area (Å²) < 4.78 is 30.0. The van der Waals surface area contributed by atoms with Gasteiger partial charge in [-0.05, 0) is 24.3 Å². The van der Waals surface area contributed by atoms with Crippen LogP contribution < -0.4 is 10.1 Å². The Bertz CT molecular complexity index is 994. The van der Waals surface area contributed by atoms with E-state index in [1.807, 2.05) is 0 Å². The number of nitrogens with one attached hydrogen (secondary N) is 1. The van der Waals surface area contributed by atoms with Crippen molar-refractivity contribution in [2.75, 3.05) is 5.32 Å². The maximum atomic E-state index is 12.5. The molecule has 1 heterocycles. The minimum atomic E-state index is -3.12. The summed E-state index contributed by atoms with van der Waals surface area (Å²) in [5.41, 5.74) is 0.661. The van der Waals surface area contributed by atoms with Gasteiger partial charge in [-0.15, -0.1) is 5.10 Å². The van der Waals surface area contributed by atoms with Gasteiger partial charge in [0.15, 0.2) is 5.71 Å². The van der Waals surface area contributed by atoms with Crippen molar-refractivity contribution < 1.29 is 23.2 Å². The van der Waals surface area contributed by atoms with Crippen LogP contribution in [0.3, 0.4) is 0 Å².